The zero-order valence-electron chi connectivity index (χ0n) is 19.3. The first-order chi connectivity index (χ1) is 16.3. The summed E-state index contributed by atoms with van der Waals surface area (Å²) in [6.45, 7) is 0. The Morgan fingerprint density at radius 1 is 0.697 bits per heavy atom. The Balaban J connectivity index is 1.45. The molecule has 1 N–H and O–H groups in total. The molecule has 4 aromatic rings. The number of rotatable bonds is 5. The Morgan fingerprint density at radius 3 is 1.85 bits per heavy atom. The Bertz CT molecular complexity index is 1170. The Morgan fingerprint density at radius 2 is 1.24 bits per heavy atom. The van der Waals surface area contributed by atoms with E-state index in [1.54, 1.807) is 0 Å². The maximum atomic E-state index is 6.80. The highest BCUT2D eigenvalue weighted by Crippen LogP contribution is 2.40. The Kier molecular flexibility index (Phi) is 5.69. The molecule has 166 valence electrons. The standard InChI is InChI=1S/C30H32BNO/c1-2-12-24(13-3-1)29-30(33-31-32-29,20-25-16-8-14-22-10-4-6-18-27(22)25)21-26-17-9-15-23-11-5-7-19-28(23)26/h4-11,14-19,24,29,31-32H,1-3,12-13,20-21H2/t29-/m1/s1. The topological polar surface area (TPSA) is 21.3 Å². The fourth-order valence-electron chi connectivity index (χ4n) is 6.54. The van der Waals surface area contributed by atoms with E-state index in [4.69, 9.17) is 4.65 Å². The molecule has 2 nitrogen and oxygen atoms in total. The molecule has 1 saturated heterocycles. The molecule has 1 saturated carbocycles. The third-order valence-corrected chi connectivity index (χ3v) is 8.09. The van der Waals surface area contributed by atoms with Crippen molar-refractivity contribution < 1.29 is 4.65 Å². The first-order valence-corrected chi connectivity index (χ1v) is 12.6. The molecule has 0 radical (unpaired) electrons. The number of fused-ring (bicyclic) bond motifs is 2. The van der Waals surface area contributed by atoms with Gasteiger partial charge in [-0.1, -0.05) is 104 Å². The van der Waals surface area contributed by atoms with Gasteiger partial charge in [0.05, 0.1) is 5.60 Å². The minimum atomic E-state index is -0.240. The zero-order chi connectivity index (χ0) is 22.1. The first kappa shape index (κ1) is 21.0. The van der Waals surface area contributed by atoms with Gasteiger partial charge in [-0.05, 0) is 51.4 Å². The normalized spacial score (nSPS) is 20.8. The van der Waals surface area contributed by atoms with Crippen LogP contribution in [0, 0.1) is 5.92 Å². The molecule has 1 aliphatic carbocycles. The van der Waals surface area contributed by atoms with Gasteiger partial charge in [0.2, 0.25) is 0 Å². The monoisotopic (exact) mass is 433 g/mol. The van der Waals surface area contributed by atoms with Crippen LogP contribution < -0.4 is 5.23 Å². The lowest BCUT2D eigenvalue weighted by molar-refractivity contribution is 0.0443. The van der Waals surface area contributed by atoms with E-state index in [1.165, 1.54) is 64.8 Å². The van der Waals surface area contributed by atoms with Crippen LogP contribution >= 0.6 is 0 Å². The maximum Gasteiger partial charge on any atom is 0.361 e. The van der Waals surface area contributed by atoms with Crippen molar-refractivity contribution in [2.45, 2.75) is 56.6 Å². The van der Waals surface area contributed by atoms with E-state index in [2.05, 4.69) is 90.2 Å². The maximum absolute atomic E-state index is 6.80. The molecule has 1 atom stereocenters. The molecule has 0 unspecified atom stereocenters. The largest absolute Gasteiger partial charge is 0.416 e. The van der Waals surface area contributed by atoms with Gasteiger partial charge in [-0.2, -0.15) is 0 Å². The van der Waals surface area contributed by atoms with Crippen LogP contribution in [0.1, 0.15) is 43.2 Å². The fourth-order valence-corrected chi connectivity index (χ4v) is 6.54. The van der Waals surface area contributed by atoms with E-state index in [0.717, 1.165) is 12.8 Å². The average Bonchev–Trinajstić information content (AvgIpc) is 3.28. The molecule has 6 rings (SSSR count). The summed E-state index contributed by atoms with van der Waals surface area (Å²) in [6, 6.07) is 31.5. The molecule has 0 spiro atoms. The lowest BCUT2D eigenvalue weighted by Crippen LogP contribution is -2.52. The zero-order valence-corrected chi connectivity index (χ0v) is 19.3. The second kappa shape index (κ2) is 8.97. The van der Waals surface area contributed by atoms with E-state index in [-0.39, 0.29) is 5.60 Å². The number of benzene rings is 4. The Hall–Kier alpha value is -2.62. The van der Waals surface area contributed by atoms with Crippen molar-refractivity contribution in [3.05, 3.63) is 96.1 Å². The first-order valence-electron chi connectivity index (χ1n) is 12.6. The van der Waals surface area contributed by atoms with Crippen LogP contribution in [-0.2, 0) is 17.5 Å². The van der Waals surface area contributed by atoms with E-state index in [1.807, 2.05) is 0 Å². The highest BCUT2D eigenvalue weighted by Gasteiger charge is 2.48. The summed E-state index contributed by atoms with van der Waals surface area (Å²) in [4.78, 5) is 0. The van der Waals surface area contributed by atoms with Crippen LogP contribution in [0.4, 0.5) is 0 Å². The summed E-state index contributed by atoms with van der Waals surface area (Å²) in [6.07, 6.45) is 8.58. The highest BCUT2D eigenvalue weighted by molar-refractivity contribution is 6.25. The van der Waals surface area contributed by atoms with Crippen molar-refractivity contribution in [3.8, 4) is 0 Å². The van der Waals surface area contributed by atoms with Crippen molar-refractivity contribution in [2.75, 3.05) is 0 Å². The minimum absolute atomic E-state index is 0.240. The van der Waals surface area contributed by atoms with Gasteiger partial charge in [-0.25, -0.2) is 0 Å². The second-order valence-electron chi connectivity index (χ2n) is 10.1. The van der Waals surface area contributed by atoms with Crippen molar-refractivity contribution in [2.24, 2.45) is 5.92 Å². The minimum Gasteiger partial charge on any atom is -0.416 e. The fraction of sp³-hybridized carbons (Fsp3) is 0.333. The van der Waals surface area contributed by atoms with Gasteiger partial charge < -0.3 is 9.88 Å². The van der Waals surface area contributed by atoms with Gasteiger partial charge in [0.1, 0.15) is 0 Å². The number of hydrogen-bond donors (Lipinski definition) is 1. The molecular weight excluding hydrogens is 401 g/mol. The van der Waals surface area contributed by atoms with Crippen molar-refractivity contribution >= 4 is 29.2 Å². The van der Waals surface area contributed by atoms with Crippen molar-refractivity contribution in [1.29, 1.82) is 0 Å². The molecule has 2 aliphatic rings. The third kappa shape index (κ3) is 3.98. The van der Waals surface area contributed by atoms with Crippen molar-refractivity contribution in [1.82, 2.24) is 5.23 Å². The highest BCUT2D eigenvalue weighted by atomic mass is 16.5. The second-order valence-corrected chi connectivity index (χ2v) is 10.1. The molecule has 3 heteroatoms. The summed E-state index contributed by atoms with van der Waals surface area (Å²) >= 11 is 0. The van der Waals surface area contributed by atoms with Gasteiger partial charge in [0.25, 0.3) is 0 Å². The Labute approximate surface area is 197 Å². The molecule has 1 aliphatic heterocycles. The summed E-state index contributed by atoms with van der Waals surface area (Å²) in [7, 11) is 0.650. The smallest absolute Gasteiger partial charge is 0.361 e. The van der Waals surface area contributed by atoms with Crippen LogP contribution in [0.2, 0.25) is 0 Å². The number of hydrogen-bond acceptors (Lipinski definition) is 2. The quantitative estimate of drug-likeness (QED) is 0.370. The molecule has 33 heavy (non-hydrogen) atoms. The molecule has 2 fully saturated rings. The van der Waals surface area contributed by atoms with Crippen LogP contribution in [0.5, 0.6) is 0 Å². The predicted molar refractivity (Wildman–Crippen MR) is 140 cm³/mol. The van der Waals surface area contributed by atoms with E-state index in [0.29, 0.717) is 19.6 Å². The van der Waals surface area contributed by atoms with Crippen molar-refractivity contribution in [3.63, 3.8) is 0 Å². The van der Waals surface area contributed by atoms with E-state index >= 15 is 0 Å². The summed E-state index contributed by atoms with van der Waals surface area (Å²) < 4.78 is 6.80. The molecule has 0 bridgehead atoms. The lowest BCUT2D eigenvalue weighted by atomic mass is 9.72. The molecule has 0 amide bonds. The number of nitrogens with one attached hydrogen (secondary N) is 1. The van der Waals surface area contributed by atoms with Crippen LogP contribution in [-0.4, -0.2) is 19.3 Å². The summed E-state index contributed by atoms with van der Waals surface area (Å²) in [5.74, 6) is 0.686. The SMILES string of the molecule is B1N[C@H](C2CCCCC2)C(Cc2cccc3ccccc23)(Cc2cccc3ccccc23)O1. The van der Waals surface area contributed by atoms with Gasteiger partial charge in [0, 0.05) is 18.9 Å². The van der Waals surface area contributed by atoms with Gasteiger partial charge in [0.15, 0.2) is 0 Å². The van der Waals surface area contributed by atoms with Crippen LogP contribution in [0.3, 0.4) is 0 Å². The molecule has 0 aromatic heterocycles. The van der Waals surface area contributed by atoms with Gasteiger partial charge in [-0.3, -0.25) is 0 Å². The molecular formula is C30H32BNO. The van der Waals surface area contributed by atoms with Gasteiger partial charge in [-0.15, -0.1) is 0 Å². The van der Waals surface area contributed by atoms with E-state index < -0.39 is 0 Å². The summed E-state index contributed by atoms with van der Waals surface area (Å²) in [5.41, 5.74) is 2.56. The lowest BCUT2D eigenvalue weighted by Gasteiger charge is -2.41. The average molecular weight is 433 g/mol. The molecule has 1 heterocycles. The summed E-state index contributed by atoms with van der Waals surface area (Å²) in [5, 5.41) is 9.18. The van der Waals surface area contributed by atoms with Gasteiger partial charge >= 0.3 is 7.62 Å². The molecule has 4 aromatic carbocycles. The van der Waals surface area contributed by atoms with Crippen LogP contribution in [0.15, 0.2) is 84.9 Å². The third-order valence-electron chi connectivity index (χ3n) is 8.09. The predicted octanol–water partition coefficient (Wildman–Crippen LogP) is 6.35. The van der Waals surface area contributed by atoms with Crippen LogP contribution in [0.25, 0.3) is 21.5 Å². The van der Waals surface area contributed by atoms with E-state index in [9.17, 15) is 0 Å².